The molecular weight excluding hydrogens is 361 g/mol. The van der Waals surface area contributed by atoms with Gasteiger partial charge in [-0.2, -0.15) is 5.10 Å². The number of nitrogens with zero attached hydrogens (tertiary/aromatic N) is 6. The maximum absolute atomic E-state index is 13.0. The van der Waals surface area contributed by atoms with Crippen molar-refractivity contribution < 1.29 is 9.18 Å². The van der Waals surface area contributed by atoms with E-state index in [0.29, 0.717) is 12.2 Å². The topological polar surface area (TPSA) is 75.9 Å². The third-order valence-electron chi connectivity index (χ3n) is 5.32. The highest BCUT2D eigenvalue weighted by atomic mass is 19.1. The molecule has 2 atom stereocenters. The lowest BCUT2D eigenvalue weighted by Crippen LogP contribution is -2.57. The molecule has 0 aliphatic carbocycles. The SMILES string of the molecule is CC1=NN(C)[C@H]2C(N3CCN(CC(=O)Nc4ccc(F)cc4)CC3)=NC=N[C@H]12. The summed E-state index contributed by atoms with van der Waals surface area (Å²) in [6, 6.07) is 5.89. The molecule has 0 radical (unpaired) electrons. The van der Waals surface area contributed by atoms with Gasteiger partial charge in [-0.1, -0.05) is 0 Å². The second-order valence-electron chi connectivity index (χ2n) is 7.27. The Hall–Kier alpha value is -2.81. The van der Waals surface area contributed by atoms with Crippen molar-refractivity contribution >= 4 is 29.5 Å². The fourth-order valence-corrected chi connectivity index (χ4v) is 3.88. The maximum atomic E-state index is 13.0. The van der Waals surface area contributed by atoms with Crippen LogP contribution in [0.4, 0.5) is 10.1 Å². The maximum Gasteiger partial charge on any atom is 0.238 e. The summed E-state index contributed by atoms with van der Waals surface area (Å²) in [7, 11) is 1.96. The molecule has 0 unspecified atom stereocenters. The number of piperazine rings is 1. The predicted molar refractivity (Wildman–Crippen MR) is 107 cm³/mol. The average molecular weight is 385 g/mol. The Labute approximate surface area is 163 Å². The Bertz CT molecular complexity index is 827. The molecule has 148 valence electrons. The van der Waals surface area contributed by atoms with Crippen molar-refractivity contribution in [1.29, 1.82) is 0 Å². The lowest BCUT2D eigenvalue weighted by atomic mass is 10.0. The van der Waals surface area contributed by atoms with Crippen molar-refractivity contribution in [2.45, 2.75) is 19.0 Å². The summed E-state index contributed by atoms with van der Waals surface area (Å²) in [6.07, 6.45) is 1.64. The molecule has 1 aromatic rings. The molecular formula is C19H24FN7O. The molecule has 0 bridgehead atoms. The lowest BCUT2D eigenvalue weighted by Gasteiger charge is -2.40. The Morgan fingerprint density at radius 3 is 2.64 bits per heavy atom. The molecule has 1 fully saturated rings. The molecule has 3 aliphatic heterocycles. The van der Waals surface area contributed by atoms with E-state index in [0.717, 1.165) is 37.7 Å². The molecule has 4 rings (SSSR count). The number of hydrogen-bond acceptors (Lipinski definition) is 7. The highest BCUT2D eigenvalue weighted by Crippen LogP contribution is 2.23. The fraction of sp³-hybridized carbons (Fsp3) is 0.474. The Kier molecular flexibility index (Phi) is 5.08. The average Bonchev–Trinajstić information content (AvgIpc) is 2.98. The number of carbonyl (C=O) groups is 1. The number of halogens is 1. The summed E-state index contributed by atoms with van der Waals surface area (Å²) in [6.45, 7) is 5.45. The number of likely N-dealkylation sites (N-methyl/N-ethyl adjacent to an activating group) is 1. The van der Waals surface area contributed by atoms with Gasteiger partial charge in [0.1, 0.15) is 30.1 Å². The number of benzene rings is 1. The first kappa shape index (κ1) is 18.5. The van der Waals surface area contributed by atoms with E-state index >= 15 is 0 Å². The number of fused-ring (bicyclic) bond motifs is 1. The summed E-state index contributed by atoms with van der Waals surface area (Å²) in [4.78, 5) is 25.6. The van der Waals surface area contributed by atoms with Crippen LogP contribution in [0.5, 0.6) is 0 Å². The number of nitrogens with one attached hydrogen (secondary N) is 1. The van der Waals surface area contributed by atoms with Crippen LogP contribution in [0.15, 0.2) is 39.4 Å². The minimum absolute atomic E-state index is 0.0389. The minimum atomic E-state index is -0.319. The summed E-state index contributed by atoms with van der Waals surface area (Å²) in [5.74, 6) is 0.584. The second kappa shape index (κ2) is 7.67. The van der Waals surface area contributed by atoms with E-state index in [2.05, 4.69) is 30.2 Å². The number of anilines is 1. The van der Waals surface area contributed by atoms with E-state index in [1.54, 1.807) is 18.5 Å². The van der Waals surface area contributed by atoms with Gasteiger partial charge in [-0.15, -0.1) is 0 Å². The number of hydrazone groups is 1. The van der Waals surface area contributed by atoms with Crippen LogP contribution in [-0.2, 0) is 4.79 Å². The first-order valence-corrected chi connectivity index (χ1v) is 9.41. The van der Waals surface area contributed by atoms with Gasteiger partial charge in [-0.25, -0.2) is 9.38 Å². The number of aliphatic imine (C=N–C) groups is 2. The standard InChI is InChI=1S/C19H24FN7O/c1-13-17-18(25(2)24-13)19(22-12-21-17)27-9-7-26(8-10-27)11-16(28)23-15-5-3-14(20)4-6-15/h3-6,12,17-18H,7-11H2,1-2H3,(H,23,28)/t17-,18-/m1/s1. The van der Waals surface area contributed by atoms with Crippen molar-refractivity contribution in [2.24, 2.45) is 15.1 Å². The van der Waals surface area contributed by atoms with Crippen LogP contribution < -0.4 is 5.32 Å². The molecule has 28 heavy (non-hydrogen) atoms. The highest BCUT2D eigenvalue weighted by molar-refractivity contribution is 6.04. The highest BCUT2D eigenvalue weighted by Gasteiger charge is 2.41. The van der Waals surface area contributed by atoms with Crippen LogP contribution in [0.1, 0.15) is 6.92 Å². The van der Waals surface area contributed by atoms with Gasteiger partial charge < -0.3 is 10.2 Å². The van der Waals surface area contributed by atoms with Crippen LogP contribution in [0.2, 0.25) is 0 Å². The van der Waals surface area contributed by atoms with Crippen molar-refractivity contribution in [2.75, 3.05) is 45.1 Å². The smallest absolute Gasteiger partial charge is 0.238 e. The van der Waals surface area contributed by atoms with Gasteiger partial charge in [0.25, 0.3) is 0 Å². The number of carbonyl (C=O) groups excluding carboxylic acids is 1. The van der Waals surface area contributed by atoms with Gasteiger partial charge in [-0.3, -0.25) is 19.7 Å². The van der Waals surface area contributed by atoms with Gasteiger partial charge in [0.05, 0.1) is 12.3 Å². The predicted octanol–water partition coefficient (Wildman–Crippen LogP) is 0.881. The van der Waals surface area contributed by atoms with E-state index in [4.69, 9.17) is 0 Å². The van der Waals surface area contributed by atoms with Crippen molar-refractivity contribution in [1.82, 2.24) is 14.8 Å². The monoisotopic (exact) mass is 385 g/mol. The molecule has 0 aromatic heterocycles. The van der Waals surface area contributed by atoms with Crippen LogP contribution in [0.25, 0.3) is 0 Å². The van der Waals surface area contributed by atoms with Crippen LogP contribution in [-0.4, -0.2) is 90.5 Å². The van der Waals surface area contributed by atoms with Crippen LogP contribution >= 0.6 is 0 Å². The quantitative estimate of drug-likeness (QED) is 0.838. The third kappa shape index (κ3) is 3.75. The fourth-order valence-electron chi connectivity index (χ4n) is 3.88. The molecule has 3 heterocycles. The van der Waals surface area contributed by atoms with Crippen molar-refractivity contribution in [3.05, 3.63) is 30.1 Å². The first-order valence-electron chi connectivity index (χ1n) is 9.41. The third-order valence-corrected chi connectivity index (χ3v) is 5.32. The molecule has 9 heteroatoms. The van der Waals surface area contributed by atoms with Gasteiger partial charge in [0.2, 0.25) is 5.91 Å². The lowest BCUT2D eigenvalue weighted by molar-refractivity contribution is -0.117. The van der Waals surface area contributed by atoms with E-state index in [9.17, 15) is 9.18 Å². The minimum Gasteiger partial charge on any atom is -0.356 e. The summed E-state index contributed by atoms with van der Waals surface area (Å²) in [5.41, 5.74) is 1.61. The zero-order chi connectivity index (χ0) is 19.7. The van der Waals surface area contributed by atoms with E-state index in [1.807, 2.05) is 19.0 Å². The molecule has 0 saturated carbocycles. The number of rotatable bonds is 3. The van der Waals surface area contributed by atoms with Crippen LogP contribution in [0.3, 0.4) is 0 Å². The Morgan fingerprint density at radius 2 is 1.93 bits per heavy atom. The normalized spacial score (nSPS) is 24.7. The van der Waals surface area contributed by atoms with Crippen molar-refractivity contribution in [3.63, 3.8) is 0 Å². The molecule has 1 amide bonds. The van der Waals surface area contributed by atoms with Gasteiger partial charge >= 0.3 is 0 Å². The molecule has 8 nitrogen and oxygen atoms in total. The molecule has 0 spiro atoms. The number of hydrogen-bond donors (Lipinski definition) is 1. The van der Waals surface area contributed by atoms with E-state index < -0.39 is 0 Å². The Morgan fingerprint density at radius 1 is 1.21 bits per heavy atom. The van der Waals surface area contributed by atoms with E-state index in [-0.39, 0.29) is 23.8 Å². The Balaban J connectivity index is 1.30. The van der Waals surface area contributed by atoms with Gasteiger partial charge in [-0.05, 0) is 31.2 Å². The number of amidine groups is 1. The summed E-state index contributed by atoms with van der Waals surface area (Å²) >= 11 is 0. The molecule has 1 N–H and O–H groups in total. The van der Waals surface area contributed by atoms with Gasteiger partial charge in [0, 0.05) is 38.9 Å². The zero-order valence-corrected chi connectivity index (χ0v) is 16.0. The molecule has 1 saturated heterocycles. The summed E-state index contributed by atoms with van der Waals surface area (Å²) < 4.78 is 13.0. The second-order valence-corrected chi connectivity index (χ2v) is 7.27. The molecule has 3 aliphatic rings. The van der Waals surface area contributed by atoms with Crippen molar-refractivity contribution in [3.8, 4) is 0 Å². The van der Waals surface area contributed by atoms with Crippen LogP contribution in [0, 0.1) is 5.82 Å². The van der Waals surface area contributed by atoms with E-state index in [1.165, 1.54) is 12.1 Å². The van der Waals surface area contributed by atoms with Gasteiger partial charge in [0.15, 0.2) is 0 Å². The zero-order valence-electron chi connectivity index (χ0n) is 16.0. The summed E-state index contributed by atoms with van der Waals surface area (Å²) in [5, 5.41) is 9.27. The number of amides is 1. The molecule has 1 aromatic carbocycles. The first-order chi connectivity index (χ1) is 13.5. The largest absolute Gasteiger partial charge is 0.356 e.